The number of carbonyl (C=O) groups excluding carboxylic acids is 1. The summed E-state index contributed by atoms with van der Waals surface area (Å²) in [6.07, 6.45) is 7.62. The van der Waals surface area contributed by atoms with Crippen molar-refractivity contribution in [2.45, 2.75) is 32.1 Å². The molecular weight excluding hydrogens is 308 g/mol. The van der Waals surface area contributed by atoms with E-state index in [0.717, 1.165) is 47.9 Å². The van der Waals surface area contributed by atoms with Crippen molar-refractivity contribution < 1.29 is 4.79 Å². The smallest absolute Gasteiger partial charge is 0.178 e. The molecule has 2 aliphatic heterocycles. The number of halogens is 1. The summed E-state index contributed by atoms with van der Waals surface area (Å²) in [5, 5.41) is 0.778. The Morgan fingerprint density at radius 1 is 1.09 bits per heavy atom. The molecule has 1 aromatic carbocycles. The molecule has 0 aliphatic carbocycles. The third-order valence-electron chi connectivity index (χ3n) is 5.04. The Labute approximate surface area is 141 Å². The standard InChI is InChI=1S/C19H21ClN2O/c20-15-5-7-17-14(12-15)4-6-18-16(8-11-22(17)18)19(23)13-21-9-2-1-3-10-21/h5,7-8,11-12H,1-4,6,9-10,13H2. The van der Waals surface area contributed by atoms with Crippen LogP contribution in [0.15, 0.2) is 30.5 Å². The second kappa shape index (κ2) is 6.14. The number of hydrogen-bond donors (Lipinski definition) is 0. The van der Waals surface area contributed by atoms with Gasteiger partial charge in [-0.25, -0.2) is 0 Å². The minimum atomic E-state index is 0.262. The van der Waals surface area contributed by atoms with Gasteiger partial charge in [0, 0.05) is 28.2 Å². The van der Waals surface area contributed by atoms with Gasteiger partial charge in [-0.05, 0) is 68.6 Å². The number of nitrogens with zero attached hydrogens (tertiary/aromatic N) is 2. The van der Waals surface area contributed by atoms with Crippen LogP contribution >= 0.6 is 11.6 Å². The number of carbonyl (C=O) groups is 1. The summed E-state index contributed by atoms with van der Waals surface area (Å²) in [6, 6.07) is 8.00. The molecule has 0 atom stereocenters. The maximum absolute atomic E-state index is 12.7. The van der Waals surface area contributed by atoms with Crippen molar-refractivity contribution in [1.82, 2.24) is 9.47 Å². The third-order valence-corrected chi connectivity index (χ3v) is 5.28. The maximum Gasteiger partial charge on any atom is 0.178 e. The molecule has 0 amide bonds. The molecule has 1 aromatic heterocycles. The first-order chi connectivity index (χ1) is 11.2. The van der Waals surface area contributed by atoms with E-state index in [1.165, 1.54) is 24.8 Å². The summed E-state index contributed by atoms with van der Waals surface area (Å²) < 4.78 is 2.17. The van der Waals surface area contributed by atoms with Crippen molar-refractivity contribution in [2.24, 2.45) is 0 Å². The number of aromatic nitrogens is 1. The zero-order valence-electron chi connectivity index (χ0n) is 13.2. The SMILES string of the molecule is O=C(CN1CCCCC1)c1ccn2c1CCc1cc(Cl)ccc1-2. The molecular formula is C19H21ClN2O. The summed E-state index contributed by atoms with van der Waals surface area (Å²) in [6.45, 7) is 2.68. The van der Waals surface area contributed by atoms with E-state index >= 15 is 0 Å². The van der Waals surface area contributed by atoms with Crippen LogP contribution < -0.4 is 0 Å². The lowest BCUT2D eigenvalue weighted by Gasteiger charge is -2.26. The molecule has 1 saturated heterocycles. The Bertz CT molecular complexity index is 744. The van der Waals surface area contributed by atoms with Gasteiger partial charge in [0.05, 0.1) is 6.54 Å². The third kappa shape index (κ3) is 2.84. The quantitative estimate of drug-likeness (QED) is 0.798. The minimum Gasteiger partial charge on any atom is -0.320 e. The molecule has 0 bridgehead atoms. The molecule has 4 rings (SSSR count). The van der Waals surface area contributed by atoms with Gasteiger partial charge < -0.3 is 4.57 Å². The van der Waals surface area contributed by atoms with Gasteiger partial charge in [0.15, 0.2) is 5.78 Å². The summed E-state index contributed by atoms with van der Waals surface area (Å²) >= 11 is 6.10. The highest BCUT2D eigenvalue weighted by molar-refractivity contribution is 6.30. The average Bonchev–Trinajstić information content (AvgIpc) is 3.00. The van der Waals surface area contributed by atoms with Crippen LogP contribution in [-0.2, 0) is 12.8 Å². The van der Waals surface area contributed by atoms with E-state index in [1.54, 1.807) is 0 Å². The fraction of sp³-hybridized carbons (Fsp3) is 0.421. The zero-order chi connectivity index (χ0) is 15.8. The number of likely N-dealkylation sites (tertiary alicyclic amines) is 1. The molecule has 0 radical (unpaired) electrons. The Kier molecular flexibility index (Phi) is 4.00. The van der Waals surface area contributed by atoms with Gasteiger partial charge in [-0.3, -0.25) is 9.69 Å². The van der Waals surface area contributed by atoms with Gasteiger partial charge in [-0.1, -0.05) is 18.0 Å². The lowest BCUT2D eigenvalue weighted by Crippen LogP contribution is -2.34. The van der Waals surface area contributed by atoms with E-state index < -0.39 is 0 Å². The Morgan fingerprint density at radius 2 is 1.91 bits per heavy atom. The molecule has 0 unspecified atom stereocenters. The van der Waals surface area contributed by atoms with Crippen LogP contribution in [0.4, 0.5) is 0 Å². The maximum atomic E-state index is 12.7. The highest BCUT2D eigenvalue weighted by atomic mass is 35.5. The molecule has 2 aromatic rings. The lowest BCUT2D eigenvalue weighted by molar-refractivity contribution is 0.0914. The summed E-state index contributed by atoms with van der Waals surface area (Å²) in [5.74, 6) is 0.262. The van der Waals surface area contributed by atoms with Gasteiger partial charge in [-0.15, -0.1) is 0 Å². The number of aryl methyl sites for hydroxylation is 1. The number of ketones is 1. The van der Waals surface area contributed by atoms with Crippen LogP contribution in [-0.4, -0.2) is 34.9 Å². The molecule has 0 saturated carbocycles. The number of Topliss-reactive ketones (excluding diaryl/α,β-unsaturated/α-hetero) is 1. The highest BCUT2D eigenvalue weighted by Gasteiger charge is 2.23. The molecule has 0 spiro atoms. The monoisotopic (exact) mass is 328 g/mol. The van der Waals surface area contributed by atoms with Crippen LogP contribution in [0.1, 0.15) is 40.9 Å². The van der Waals surface area contributed by atoms with E-state index in [-0.39, 0.29) is 5.78 Å². The zero-order valence-corrected chi connectivity index (χ0v) is 14.0. The minimum absolute atomic E-state index is 0.262. The number of fused-ring (bicyclic) bond motifs is 3. The van der Waals surface area contributed by atoms with E-state index in [9.17, 15) is 4.79 Å². The Balaban J connectivity index is 1.60. The highest BCUT2D eigenvalue weighted by Crippen LogP contribution is 2.30. The summed E-state index contributed by atoms with van der Waals surface area (Å²) in [5.41, 5.74) is 4.47. The second-order valence-electron chi connectivity index (χ2n) is 6.58. The van der Waals surface area contributed by atoms with Crippen molar-refractivity contribution in [1.29, 1.82) is 0 Å². The molecule has 0 N–H and O–H groups in total. The van der Waals surface area contributed by atoms with Crippen LogP contribution in [0.5, 0.6) is 0 Å². The second-order valence-corrected chi connectivity index (χ2v) is 7.02. The number of benzene rings is 1. The Morgan fingerprint density at radius 3 is 2.74 bits per heavy atom. The van der Waals surface area contributed by atoms with Crippen LogP contribution in [0.2, 0.25) is 5.02 Å². The van der Waals surface area contributed by atoms with Crippen molar-refractivity contribution >= 4 is 17.4 Å². The van der Waals surface area contributed by atoms with Crippen LogP contribution in [0.3, 0.4) is 0 Å². The van der Waals surface area contributed by atoms with Crippen molar-refractivity contribution in [3.63, 3.8) is 0 Å². The van der Waals surface area contributed by atoms with Crippen LogP contribution in [0.25, 0.3) is 5.69 Å². The predicted molar refractivity (Wildman–Crippen MR) is 92.8 cm³/mol. The molecule has 23 heavy (non-hydrogen) atoms. The van der Waals surface area contributed by atoms with Crippen molar-refractivity contribution in [3.8, 4) is 5.69 Å². The van der Waals surface area contributed by atoms with Crippen molar-refractivity contribution in [3.05, 3.63) is 52.3 Å². The van der Waals surface area contributed by atoms with Gasteiger partial charge >= 0.3 is 0 Å². The number of hydrogen-bond acceptors (Lipinski definition) is 2. The van der Waals surface area contributed by atoms with E-state index in [1.807, 2.05) is 24.4 Å². The van der Waals surface area contributed by atoms with Gasteiger partial charge in [0.25, 0.3) is 0 Å². The van der Waals surface area contributed by atoms with Gasteiger partial charge in [-0.2, -0.15) is 0 Å². The first-order valence-corrected chi connectivity index (χ1v) is 8.85. The summed E-state index contributed by atoms with van der Waals surface area (Å²) in [4.78, 5) is 15.0. The molecule has 1 fully saturated rings. The fourth-order valence-corrected chi connectivity index (χ4v) is 4.04. The number of rotatable bonds is 3. The topological polar surface area (TPSA) is 25.2 Å². The van der Waals surface area contributed by atoms with Crippen LogP contribution in [0, 0.1) is 0 Å². The molecule has 4 heteroatoms. The number of piperidine rings is 1. The molecule has 3 heterocycles. The fourth-order valence-electron chi connectivity index (χ4n) is 3.85. The van der Waals surface area contributed by atoms with Gasteiger partial charge in [0.2, 0.25) is 0 Å². The molecule has 120 valence electrons. The van der Waals surface area contributed by atoms with Gasteiger partial charge in [0.1, 0.15) is 0 Å². The normalized spacial score (nSPS) is 17.6. The average molecular weight is 329 g/mol. The molecule has 3 nitrogen and oxygen atoms in total. The Hall–Kier alpha value is -1.58. The van der Waals surface area contributed by atoms with E-state index in [0.29, 0.717) is 6.54 Å². The first-order valence-electron chi connectivity index (χ1n) is 8.47. The summed E-state index contributed by atoms with van der Waals surface area (Å²) in [7, 11) is 0. The predicted octanol–water partition coefficient (Wildman–Crippen LogP) is 3.90. The van der Waals surface area contributed by atoms with E-state index in [4.69, 9.17) is 11.6 Å². The largest absolute Gasteiger partial charge is 0.320 e. The van der Waals surface area contributed by atoms with Crippen molar-refractivity contribution in [2.75, 3.05) is 19.6 Å². The lowest BCUT2D eigenvalue weighted by atomic mass is 9.98. The first kappa shape index (κ1) is 15.0. The molecule has 2 aliphatic rings. The van der Waals surface area contributed by atoms with E-state index in [2.05, 4.69) is 15.5 Å².